The number of hydrogen-bond acceptors (Lipinski definition) is 8. The number of aromatic nitrogens is 1. The van der Waals surface area contributed by atoms with Crippen LogP contribution in [0.2, 0.25) is 0 Å². The fourth-order valence-corrected chi connectivity index (χ4v) is 4.66. The highest BCUT2D eigenvalue weighted by Crippen LogP contribution is 2.44. The molecule has 32 heavy (non-hydrogen) atoms. The van der Waals surface area contributed by atoms with Gasteiger partial charge < -0.3 is 14.3 Å². The first-order chi connectivity index (χ1) is 15.2. The van der Waals surface area contributed by atoms with Gasteiger partial charge in [-0.15, -0.1) is 0 Å². The third-order valence-corrected chi connectivity index (χ3v) is 6.40. The highest BCUT2D eigenvalue weighted by molar-refractivity contribution is 7.17. The van der Waals surface area contributed by atoms with Crippen LogP contribution in [0.4, 0.5) is 5.13 Å². The second-order valence-corrected chi connectivity index (χ2v) is 8.38. The number of aliphatic hydroxyl groups excluding tert-OH is 1. The van der Waals surface area contributed by atoms with Crippen LogP contribution >= 0.6 is 11.3 Å². The number of benzene rings is 1. The minimum atomic E-state index is -1.04. The Bertz CT molecular complexity index is 1270. The number of rotatable bonds is 4. The van der Waals surface area contributed by atoms with Crippen LogP contribution in [0.3, 0.4) is 0 Å². The molecule has 4 rings (SSSR count). The number of Topliss-reactive ketones (excluding diaryl/α,β-unsaturated/α-hetero) is 1. The number of amides is 1. The molecule has 0 saturated carbocycles. The van der Waals surface area contributed by atoms with Gasteiger partial charge in [0, 0.05) is 5.56 Å². The molecule has 0 spiro atoms. The maximum absolute atomic E-state index is 13.1. The van der Waals surface area contributed by atoms with Crippen molar-refractivity contribution in [2.75, 3.05) is 12.0 Å². The van der Waals surface area contributed by atoms with Crippen LogP contribution < -0.4 is 4.90 Å². The monoisotopic (exact) mass is 452 g/mol. The van der Waals surface area contributed by atoms with E-state index in [1.807, 2.05) is 19.1 Å². The van der Waals surface area contributed by atoms with Crippen molar-refractivity contribution in [1.82, 2.24) is 4.98 Å². The van der Waals surface area contributed by atoms with Crippen LogP contribution in [0.15, 0.2) is 46.6 Å². The molecule has 1 atom stereocenters. The summed E-state index contributed by atoms with van der Waals surface area (Å²) in [6, 6.07) is 7.67. The molecule has 1 aliphatic heterocycles. The van der Waals surface area contributed by atoms with Crippen LogP contribution in [0.25, 0.3) is 5.76 Å². The number of anilines is 1. The van der Waals surface area contributed by atoms with Gasteiger partial charge in [-0.05, 0) is 44.5 Å². The molecule has 0 radical (unpaired) electrons. The molecule has 1 saturated heterocycles. The molecule has 1 aliphatic rings. The van der Waals surface area contributed by atoms with E-state index in [0.717, 1.165) is 27.4 Å². The summed E-state index contributed by atoms with van der Waals surface area (Å²) in [6.07, 6.45) is 1.42. The molecule has 0 bridgehead atoms. The molecule has 1 aromatic carbocycles. The Morgan fingerprint density at radius 2 is 1.97 bits per heavy atom. The number of carbonyl (C=O) groups is 3. The van der Waals surface area contributed by atoms with Gasteiger partial charge in [0.1, 0.15) is 22.4 Å². The first-order valence-corrected chi connectivity index (χ1v) is 10.5. The Morgan fingerprint density at radius 1 is 1.22 bits per heavy atom. The van der Waals surface area contributed by atoms with Gasteiger partial charge in [-0.25, -0.2) is 9.78 Å². The quantitative estimate of drug-likeness (QED) is 0.275. The molecule has 1 fully saturated rings. The number of carbonyl (C=O) groups excluding carboxylic acids is 3. The molecule has 0 aliphatic carbocycles. The third-order valence-electron chi connectivity index (χ3n) is 5.27. The molecule has 3 aromatic rings. The van der Waals surface area contributed by atoms with Crippen molar-refractivity contribution in [3.05, 3.63) is 75.2 Å². The van der Waals surface area contributed by atoms with Gasteiger partial charge in [0.15, 0.2) is 5.13 Å². The van der Waals surface area contributed by atoms with E-state index in [2.05, 4.69) is 4.98 Å². The maximum Gasteiger partial charge on any atom is 0.350 e. The van der Waals surface area contributed by atoms with E-state index in [-0.39, 0.29) is 27.1 Å². The zero-order valence-corrected chi connectivity index (χ0v) is 18.6. The van der Waals surface area contributed by atoms with E-state index >= 15 is 0 Å². The van der Waals surface area contributed by atoms with Gasteiger partial charge in [0.05, 0.1) is 24.6 Å². The molecule has 2 aromatic heterocycles. The Hall–Kier alpha value is -3.72. The number of ketones is 1. The van der Waals surface area contributed by atoms with Gasteiger partial charge in [-0.1, -0.05) is 29.0 Å². The Labute approximate surface area is 187 Å². The van der Waals surface area contributed by atoms with E-state index in [4.69, 9.17) is 9.15 Å². The summed E-state index contributed by atoms with van der Waals surface area (Å²) in [5.41, 5.74) is 2.34. The molecule has 8 nitrogen and oxygen atoms in total. The molecule has 164 valence electrons. The standard InChI is InChI=1S/C23H20N2O6S/c1-11-7-8-12(2)14(10-11)18(26)16-17(15-6-5-9-31-15)25(21(28)19(16)27)23-24-13(3)20(32-23)22(29)30-4/h5-10,17,26H,1-4H3. The van der Waals surface area contributed by atoms with Gasteiger partial charge >= 0.3 is 11.9 Å². The van der Waals surface area contributed by atoms with E-state index < -0.39 is 23.7 Å². The lowest BCUT2D eigenvalue weighted by Crippen LogP contribution is -2.29. The van der Waals surface area contributed by atoms with Crippen molar-refractivity contribution in [2.45, 2.75) is 26.8 Å². The summed E-state index contributed by atoms with van der Waals surface area (Å²) >= 11 is 0.933. The molecule has 9 heteroatoms. The summed E-state index contributed by atoms with van der Waals surface area (Å²) in [7, 11) is 1.25. The number of furan rings is 1. The lowest BCUT2D eigenvalue weighted by Gasteiger charge is -2.20. The zero-order valence-electron chi connectivity index (χ0n) is 17.8. The van der Waals surface area contributed by atoms with Gasteiger partial charge in [0.25, 0.3) is 5.78 Å². The second-order valence-electron chi connectivity index (χ2n) is 7.41. The van der Waals surface area contributed by atoms with Gasteiger partial charge in [-0.2, -0.15) is 0 Å². The van der Waals surface area contributed by atoms with E-state index in [9.17, 15) is 19.5 Å². The molecule has 3 heterocycles. The molecular weight excluding hydrogens is 432 g/mol. The van der Waals surface area contributed by atoms with Crippen molar-refractivity contribution in [3.8, 4) is 0 Å². The maximum atomic E-state index is 13.1. The summed E-state index contributed by atoms with van der Waals surface area (Å²) in [5, 5.41) is 11.3. The number of aliphatic hydroxyl groups is 1. The van der Waals surface area contributed by atoms with Crippen LogP contribution in [0.1, 0.15) is 43.9 Å². The Kier molecular flexibility index (Phi) is 5.43. The topological polar surface area (TPSA) is 110 Å². The largest absolute Gasteiger partial charge is 0.507 e. The normalized spacial score (nSPS) is 17.8. The van der Waals surface area contributed by atoms with Crippen molar-refractivity contribution in [1.29, 1.82) is 0 Å². The average Bonchev–Trinajstić information content (AvgIpc) is 3.48. The van der Waals surface area contributed by atoms with Crippen molar-refractivity contribution >= 4 is 39.9 Å². The number of esters is 1. The fraction of sp³-hybridized carbons (Fsp3) is 0.217. The molecule has 1 unspecified atom stereocenters. The summed E-state index contributed by atoms with van der Waals surface area (Å²) in [4.78, 5) is 44.0. The number of methoxy groups -OCH3 is 1. The van der Waals surface area contributed by atoms with E-state index in [1.54, 1.807) is 32.0 Å². The van der Waals surface area contributed by atoms with Crippen LogP contribution in [0.5, 0.6) is 0 Å². The lowest BCUT2D eigenvalue weighted by atomic mass is 9.96. The molecular formula is C23H20N2O6S. The number of thiazole rings is 1. The second kappa shape index (κ2) is 8.08. The molecule has 1 amide bonds. The highest BCUT2D eigenvalue weighted by atomic mass is 32.1. The lowest BCUT2D eigenvalue weighted by molar-refractivity contribution is -0.132. The summed E-state index contributed by atoms with van der Waals surface area (Å²) < 4.78 is 10.3. The van der Waals surface area contributed by atoms with Crippen molar-refractivity contribution in [3.63, 3.8) is 0 Å². The first-order valence-electron chi connectivity index (χ1n) is 9.72. The Balaban J connectivity index is 1.94. The van der Waals surface area contributed by atoms with Crippen LogP contribution in [-0.4, -0.2) is 34.9 Å². The summed E-state index contributed by atoms with van der Waals surface area (Å²) in [6.45, 7) is 5.28. The van der Waals surface area contributed by atoms with Gasteiger partial charge in [-0.3, -0.25) is 14.5 Å². The highest BCUT2D eigenvalue weighted by Gasteiger charge is 2.49. The number of ether oxygens (including phenoxy) is 1. The fourth-order valence-electron chi connectivity index (χ4n) is 3.65. The predicted molar refractivity (Wildman–Crippen MR) is 118 cm³/mol. The van der Waals surface area contributed by atoms with Gasteiger partial charge in [0.2, 0.25) is 0 Å². The first kappa shape index (κ1) is 21.5. The minimum Gasteiger partial charge on any atom is -0.507 e. The number of nitrogens with zero attached hydrogens (tertiary/aromatic N) is 2. The minimum absolute atomic E-state index is 0.105. The molecule has 1 N–H and O–H groups in total. The SMILES string of the molecule is COC(=O)c1sc(N2C(=O)C(=O)C(=C(O)c3cc(C)ccc3C)C2c2ccco2)nc1C. The summed E-state index contributed by atoms with van der Waals surface area (Å²) in [5.74, 6) is -2.34. The predicted octanol–water partition coefficient (Wildman–Crippen LogP) is 4.07. The van der Waals surface area contributed by atoms with E-state index in [1.165, 1.54) is 13.4 Å². The van der Waals surface area contributed by atoms with Crippen LogP contribution in [-0.2, 0) is 14.3 Å². The third kappa shape index (κ3) is 3.40. The number of aryl methyl sites for hydroxylation is 3. The van der Waals surface area contributed by atoms with Crippen molar-refractivity contribution < 1.29 is 28.6 Å². The van der Waals surface area contributed by atoms with Crippen LogP contribution in [0, 0.1) is 20.8 Å². The van der Waals surface area contributed by atoms with E-state index in [0.29, 0.717) is 11.3 Å². The average molecular weight is 452 g/mol. The van der Waals surface area contributed by atoms with Crippen molar-refractivity contribution in [2.24, 2.45) is 0 Å². The zero-order chi connectivity index (χ0) is 23.2. The smallest absolute Gasteiger partial charge is 0.350 e. The number of hydrogen-bond donors (Lipinski definition) is 1. The Morgan fingerprint density at radius 3 is 2.62 bits per heavy atom.